The Balaban J connectivity index is 2.99. The zero-order chi connectivity index (χ0) is 13.2. The third-order valence-corrected chi connectivity index (χ3v) is 3.28. The number of aryl methyl sites for hydroxylation is 2. The van der Waals surface area contributed by atoms with E-state index in [1.165, 1.54) is 0 Å². The normalized spacial score (nSPS) is 13.3. The summed E-state index contributed by atoms with van der Waals surface area (Å²) in [5.74, 6) is -0.0529. The minimum atomic E-state index is -0.411. The SMILES string of the molecule is Cc1cccc(C)c1C(=O)NC(C)(C)C(C)N. The smallest absolute Gasteiger partial charge is 0.252 e. The third kappa shape index (κ3) is 3.07. The van der Waals surface area contributed by atoms with Gasteiger partial charge >= 0.3 is 0 Å². The van der Waals surface area contributed by atoms with Crippen LogP contribution in [0, 0.1) is 13.8 Å². The summed E-state index contributed by atoms with van der Waals surface area (Å²) in [6, 6.07) is 5.75. The van der Waals surface area contributed by atoms with E-state index in [-0.39, 0.29) is 11.9 Å². The molecule has 0 aromatic heterocycles. The monoisotopic (exact) mass is 234 g/mol. The molecule has 17 heavy (non-hydrogen) atoms. The Kier molecular flexibility index (Phi) is 3.94. The van der Waals surface area contributed by atoms with Crippen LogP contribution in [0.2, 0.25) is 0 Å². The van der Waals surface area contributed by atoms with E-state index in [1.807, 2.05) is 52.8 Å². The van der Waals surface area contributed by atoms with E-state index in [4.69, 9.17) is 5.73 Å². The van der Waals surface area contributed by atoms with Crippen LogP contribution in [0.1, 0.15) is 42.3 Å². The second kappa shape index (κ2) is 4.88. The van der Waals surface area contributed by atoms with Crippen LogP contribution < -0.4 is 11.1 Å². The molecular formula is C14H22N2O. The number of amides is 1. The van der Waals surface area contributed by atoms with Crippen LogP contribution in [0.15, 0.2) is 18.2 Å². The van der Waals surface area contributed by atoms with Gasteiger partial charge in [-0.1, -0.05) is 18.2 Å². The summed E-state index contributed by atoms with van der Waals surface area (Å²) in [4.78, 5) is 12.2. The van der Waals surface area contributed by atoms with Gasteiger partial charge in [0.25, 0.3) is 5.91 Å². The molecule has 0 saturated carbocycles. The van der Waals surface area contributed by atoms with Crippen molar-refractivity contribution in [2.75, 3.05) is 0 Å². The van der Waals surface area contributed by atoms with Gasteiger partial charge in [0.15, 0.2) is 0 Å². The fourth-order valence-corrected chi connectivity index (χ4v) is 1.64. The van der Waals surface area contributed by atoms with Crippen molar-refractivity contribution in [1.29, 1.82) is 0 Å². The summed E-state index contributed by atoms with van der Waals surface area (Å²) in [5, 5.41) is 2.99. The van der Waals surface area contributed by atoms with Crippen molar-refractivity contribution >= 4 is 5.91 Å². The van der Waals surface area contributed by atoms with Gasteiger partial charge in [0, 0.05) is 17.1 Å². The van der Waals surface area contributed by atoms with Gasteiger partial charge in [0.05, 0.1) is 0 Å². The van der Waals surface area contributed by atoms with Crippen LogP contribution in [0.25, 0.3) is 0 Å². The largest absolute Gasteiger partial charge is 0.346 e. The standard InChI is InChI=1S/C14H22N2O/c1-9-7-6-8-10(2)12(9)13(17)16-14(4,5)11(3)15/h6-8,11H,15H2,1-5H3,(H,16,17). The van der Waals surface area contributed by atoms with Gasteiger partial charge in [-0.15, -0.1) is 0 Å². The van der Waals surface area contributed by atoms with Crippen molar-refractivity contribution in [3.8, 4) is 0 Å². The van der Waals surface area contributed by atoms with E-state index in [2.05, 4.69) is 5.32 Å². The number of hydrogen-bond donors (Lipinski definition) is 2. The van der Waals surface area contributed by atoms with Crippen LogP contribution in [0.4, 0.5) is 0 Å². The first-order chi connectivity index (χ1) is 7.75. The van der Waals surface area contributed by atoms with Gasteiger partial charge in [-0.25, -0.2) is 0 Å². The minimum absolute atomic E-state index is 0.0529. The molecule has 1 atom stereocenters. The van der Waals surface area contributed by atoms with Crippen LogP contribution in [-0.2, 0) is 0 Å². The first kappa shape index (κ1) is 13.7. The Bertz CT molecular complexity index is 402. The number of nitrogens with two attached hydrogens (primary N) is 1. The molecule has 1 unspecified atom stereocenters. The lowest BCUT2D eigenvalue weighted by atomic mass is 9.95. The molecule has 3 nitrogen and oxygen atoms in total. The average Bonchev–Trinajstić information content (AvgIpc) is 2.15. The summed E-state index contributed by atoms with van der Waals surface area (Å²) >= 11 is 0. The maximum atomic E-state index is 12.2. The second-order valence-corrected chi connectivity index (χ2v) is 5.23. The predicted molar refractivity (Wildman–Crippen MR) is 71.1 cm³/mol. The van der Waals surface area contributed by atoms with Crippen molar-refractivity contribution in [2.24, 2.45) is 5.73 Å². The molecule has 1 aromatic rings. The molecule has 1 rings (SSSR count). The molecule has 1 aromatic carbocycles. The topological polar surface area (TPSA) is 55.1 Å². The second-order valence-electron chi connectivity index (χ2n) is 5.23. The van der Waals surface area contributed by atoms with Crippen molar-refractivity contribution in [3.05, 3.63) is 34.9 Å². The Hall–Kier alpha value is -1.35. The van der Waals surface area contributed by atoms with Gasteiger partial charge in [-0.05, 0) is 45.7 Å². The third-order valence-electron chi connectivity index (χ3n) is 3.28. The highest BCUT2D eigenvalue weighted by atomic mass is 16.1. The highest BCUT2D eigenvalue weighted by Gasteiger charge is 2.26. The van der Waals surface area contributed by atoms with E-state index < -0.39 is 5.54 Å². The molecule has 1 amide bonds. The zero-order valence-corrected chi connectivity index (χ0v) is 11.3. The Morgan fingerprint density at radius 1 is 1.29 bits per heavy atom. The number of carbonyl (C=O) groups is 1. The van der Waals surface area contributed by atoms with Gasteiger partial charge in [0.1, 0.15) is 0 Å². The predicted octanol–water partition coefficient (Wildman–Crippen LogP) is 2.16. The zero-order valence-electron chi connectivity index (χ0n) is 11.3. The van der Waals surface area contributed by atoms with E-state index in [1.54, 1.807) is 0 Å². The number of hydrogen-bond acceptors (Lipinski definition) is 2. The highest BCUT2D eigenvalue weighted by Crippen LogP contribution is 2.15. The van der Waals surface area contributed by atoms with Crippen LogP contribution in [0.5, 0.6) is 0 Å². The Morgan fingerprint density at radius 3 is 2.18 bits per heavy atom. The van der Waals surface area contributed by atoms with Crippen molar-refractivity contribution < 1.29 is 4.79 Å². The lowest BCUT2D eigenvalue weighted by Gasteiger charge is -2.30. The lowest BCUT2D eigenvalue weighted by molar-refractivity contribution is 0.0902. The summed E-state index contributed by atoms with van der Waals surface area (Å²) in [7, 11) is 0. The quantitative estimate of drug-likeness (QED) is 0.842. The molecule has 0 bridgehead atoms. The summed E-state index contributed by atoms with van der Waals surface area (Å²) < 4.78 is 0. The van der Waals surface area contributed by atoms with Crippen LogP contribution in [0.3, 0.4) is 0 Å². The summed E-state index contributed by atoms with van der Waals surface area (Å²) in [6.45, 7) is 9.65. The number of carbonyl (C=O) groups excluding carboxylic acids is 1. The minimum Gasteiger partial charge on any atom is -0.346 e. The number of nitrogens with one attached hydrogen (secondary N) is 1. The average molecular weight is 234 g/mol. The Morgan fingerprint density at radius 2 is 1.76 bits per heavy atom. The summed E-state index contributed by atoms with van der Waals surface area (Å²) in [6.07, 6.45) is 0. The van der Waals surface area contributed by atoms with E-state index in [0.29, 0.717) is 0 Å². The van der Waals surface area contributed by atoms with Gasteiger partial charge in [-0.3, -0.25) is 4.79 Å². The molecule has 3 heteroatoms. The van der Waals surface area contributed by atoms with E-state index in [9.17, 15) is 4.79 Å². The van der Waals surface area contributed by atoms with E-state index >= 15 is 0 Å². The fourth-order valence-electron chi connectivity index (χ4n) is 1.64. The Labute approximate surface area is 103 Å². The van der Waals surface area contributed by atoms with E-state index in [0.717, 1.165) is 16.7 Å². The highest BCUT2D eigenvalue weighted by molar-refractivity contribution is 5.97. The lowest BCUT2D eigenvalue weighted by Crippen LogP contribution is -2.54. The fraction of sp³-hybridized carbons (Fsp3) is 0.500. The number of rotatable bonds is 3. The molecule has 0 aliphatic heterocycles. The molecule has 0 saturated heterocycles. The first-order valence-electron chi connectivity index (χ1n) is 5.90. The molecule has 0 spiro atoms. The van der Waals surface area contributed by atoms with Crippen LogP contribution >= 0.6 is 0 Å². The number of benzene rings is 1. The molecule has 0 aliphatic rings. The van der Waals surface area contributed by atoms with Gasteiger partial charge < -0.3 is 11.1 Å². The molecule has 94 valence electrons. The molecular weight excluding hydrogens is 212 g/mol. The molecule has 0 heterocycles. The molecule has 0 fully saturated rings. The van der Waals surface area contributed by atoms with Crippen molar-refractivity contribution in [2.45, 2.75) is 46.2 Å². The van der Waals surface area contributed by atoms with Gasteiger partial charge in [-0.2, -0.15) is 0 Å². The maximum Gasteiger partial charge on any atom is 0.252 e. The first-order valence-corrected chi connectivity index (χ1v) is 5.90. The summed E-state index contributed by atoms with van der Waals surface area (Å²) in [5.41, 5.74) is 8.18. The maximum absolute atomic E-state index is 12.2. The molecule has 0 radical (unpaired) electrons. The van der Waals surface area contributed by atoms with Crippen molar-refractivity contribution in [3.63, 3.8) is 0 Å². The van der Waals surface area contributed by atoms with Crippen LogP contribution in [-0.4, -0.2) is 17.5 Å². The van der Waals surface area contributed by atoms with Crippen molar-refractivity contribution in [1.82, 2.24) is 5.32 Å². The van der Waals surface area contributed by atoms with Gasteiger partial charge in [0.2, 0.25) is 0 Å². The molecule has 3 N–H and O–H groups in total. The molecule has 0 aliphatic carbocycles.